The van der Waals surface area contributed by atoms with Crippen LogP contribution in [-0.4, -0.2) is 40.4 Å². The molecule has 0 aliphatic heterocycles. The molecule has 0 atom stereocenters. The van der Waals surface area contributed by atoms with Crippen LogP contribution in [0.25, 0.3) is 11.3 Å². The first-order chi connectivity index (χ1) is 17.5. The van der Waals surface area contributed by atoms with Gasteiger partial charge in [-0.15, -0.1) is 4.33 Å². The third-order valence-electron chi connectivity index (χ3n) is 5.32. The highest BCUT2D eigenvalue weighted by Crippen LogP contribution is 2.44. The van der Waals surface area contributed by atoms with Crippen LogP contribution in [0.2, 0.25) is 0 Å². The quantitative estimate of drug-likeness (QED) is 0.167. The maximum Gasteiger partial charge on any atom is 0.472 e. The molecule has 37 heavy (non-hydrogen) atoms. The number of fused-ring (bicyclic) bond motifs is 2. The largest absolute Gasteiger partial charge is 0.494 e. The van der Waals surface area contributed by atoms with Crippen molar-refractivity contribution in [2.75, 3.05) is 7.11 Å². The van der Waals surface area contributed by atoms with Gasteiger partial charge in [0.15, 0.2) is 5.78 Å². The zero-order valence-electron chi connectivity index (χ0n) is 18.3. The fraction of sp³-hybridized carbons (Fsp3) is 0.0870. The minimum absolute atomic E-state index is 0.0664. The summed E-state index contributed by atoms with van der Waals surface area (Å²) in [6.45, 7) is 0. The van der Waals surface area contributed by atoms with Crippen molar-refractivity contribution in [3.63, 3.8) is 0 Å². The standard InChI is InChI=1S/C23H11F3N4O6S/c1-34-35-36-37-15-5-3-11(7-12(15)9-28)19-17-16(21(32)30(19)22(33)23(24,25)26)18(29)14-6-10(8-27)2-4-13(14)20(17)31/h2-7,29,32H,1H3. The van der Waals surface area contributed by atoms with Gasteiger partial charge in [-0.2, -0.15) is 23.7 Å². The minimum Gasteiger partial charge on any atom is -0.494 e. The molecule has 1 aromatic heterocycles. The summed E-state index contributed by atoms with van der Waals surface area (Å²) < 4.78 is 45.2. The summed E-state index contributed by atoms with van der Waals surface area (Å²) in [6.07, 6.45) is -5.47. The van der Waals surface area contributed by atoms with Crippen molar-refractivity contribution in [1.82, 2.24) is 4.57 Å². The molecule has 0 unspecified atom stereocenters. The Labute approximate surface area is 209 Å². The van der Waals surface area contributed by atoms with Crippen LogP contribution < -0.4 is 0 Å². The Morgan fingerprint density at radius 2 is 1.84 bits per heavy atom. The molecule has 4 rings (SSSR count). The number of ketones is 1. The third-order valence-corrected chi connectivity index (χ3v) is 5.98. The molecule has 0 radical (unpaired) electrons. The Morgan fingerprint density at radius 3 is 2.46 bits per heavy atom. The van der Waals surface area contributed by atoms with Gasteiger partial charge in [0.1, 0.15) is 6.07 Å². The van der Waals surface area contributed by atoms with E-state index in [9.17, 15) is 33.1 Å². The minimum atomic E-state index is -5.47. The maximum absolute atomic E-state index is 13.6. The number of aromatic nitrogens is 1. The van der Waals surface area contributed by atoms with Gasteiger partial charge in [0.25, 0.3) is 0 Å². The lowest BCUT2D eigenvalue weighted by Crippen LogP contribution is -2.29. The SMILES string of the molecule is COOOSc1ccc(-c2c3c(c(O)n2C(=O)C(F)(F)F)C(=N)c2cc(C#N)ccc2C3=O)cc1C#N. The van der Waals surface area contributed by atoms with Crippen molar-refractivity contribution in [2.45, 2.75) is 11.1 Å². The van der Waals surface area contributed by atoms with Crippen LogP contribution in [0.15, 0.2) is 41.3 Å². The number of hydrogen-bond donors (Lipinski definition) is 2. The van der Waals surface area contributed by atoms with Crippen LogP contribution >= 0.6 is 12.0 Å². The van der Waals surface area contributed by atoms with E-state index in [-0.39, 0.29) is 37.3 Å². The fourth-order valence-corrected chi connectivity index (χ4v) is 4.29. The Hall–Kier alpha value is -4.47. The smallest absolute Gasteiger partial charge is 0.472 e. The highest BCUT2D eigenvalue weighted by molar-refractivity contribution is 7.94. The van der Waals surface area contributed by atoms with Crippen molar-refractivity contribution < 1.29 is 42.1 Å². The van der Waals surface area contributed by atoms with Gasteiger partial charge in [0.05, 0.1) is 63.8 Å². The summed E-state index contributed by atoms with van der Waals surface area (Å²) in [7, 11) is 1.16. The number of alkyl halides is 3. The second-order valence-corrected chi connectivity index (χ2v) is 8.09. The van der Waals surface area contributed by atoms with Crippen molar-refractivity contribution in [2.24, 2.45) is 0 Å². The van der Waals surface area contributed by atoms with Crippen LogP contribution in [0.1, 0.15) is 43.0 Å². The normalized spacial score (nSPS) is 12.5. The molecular formula is C23H11F3N4O6S. The molecule has 2 aromatic carbocycles. The molecule has 10 nitrogen and oxygen atoms in total. The van der Waals surface area contributed by atoms with Crippen molar-refractivity contribution in [3.05, 3.63) is 69.8 Å². The molecule has 0 bridgehead atoms. The lowest BCUT2D eigenvalue weighted by molar-refractivity contribution is -0.447. The summed E-state index contributed by atoms with van der Waals surface area (Å²) in [6, 6.07) is 10.9. The average molecular weight is 528 g/mol. The van der Waals surface area contributed by atoms with Crippen molar-refractivity contribution in [3.8, 4) is 29.3 Å². The zero-order valence-corrected chi connectivity index (χ0v) is 19.2. The van der Waals surface area contributed by atoms with Gasteiger partial charge in [-0.1, -0.05) is 11.1 Å². The van der Waals surface area contributed by atoms with E-state index in [0.29, 0.717) is 12.0 Å². The molecule has 186 valence electrons. The number of hydrogen-bond acceptors (Lipinski definition) is 10. The molecule has 0 saturated heterocycles. The van der Waals surface area contributed by atoms with Crippen LogP contribution in [-0.2, 0) is 14.3 Å². The zero-order chi connectivity index (χ0) is 27.1. The monoisotopic (exact) mass is 528 g/mol. The first kappa shape index (κ1) is 25.6. The number of benzene rings is 2. The Bertz CT molecular complexity index is 1580. The molecule has 3 aromatic rings. The number of rotatable bonds is 5. The van der Waals surface area contributed by atoms with Gasteiger partial charge in [-0.05, 0) is 30.3 Å². The fourth-order valence-electron chi connectivity index (χ4n) is 3.82. The van der Waals surface area contributed by atoms with E-state index in [0.717, 1.165) is 13.2 Å². The topological polar surface area (TPSA) is 158 Å². The van der Waals surface area contributed by atoms with Crippen LogP contribution in [0.3, 0.4) is 0 Å². The molecule has 2 N–H and O–H groups in total. The lowest BCUT2D eigenvalue weighted by Gasteiger charge is -2.18. The highest BCUT2D eigenvalue weighted by Gasteiger charge is 2.46. The number of halogens is 3. The number of carbonyl (C=O) groups is 2. The number of nitrogens with zero attached hydrogens (tertiary/aromatic N) is 3. The van der Waals surface area contributed by atoms with Gasteiger partial charge >= 0.3 is 12.1 Å². The van der Waals surface area contributed by atoms with E-state index in [1.165, 1.54) is 30.3 Å². The van der Waals surface area contributed by atoms with Gasteiger partial charge in [0, 0.05) is 16.7 Å². The van der Waals surface area contributed by atoms with E-state index in [2.05, 4.69) is 14.3 Å². The second kappa shape index (κ2) is 9.53. The molecule has 1 aliphatic rings. The van der Waals surface area contributed by atoms with Crippen LogP contribution in [0, 0.1) is 28.1 Å². The number of nitriles is 2. The first-order valence-electron chi connectivity index (χ1n) is 9.91. The third kappa shape index (κ3) is 4.24. The summed E-state index contributed by atoms with van der Waals surface area (Å²) in [5.41, 5.74) is -2.89. The second-order valence-electron chi connectivity index (χ2n) is 7.35. The average Bonchev–Trinajstić information content (AvgIpc) is 3.19. The van der Waals surface area contributed by atoms with Gasteiger partial charge in [-0.25, -0.2) is 9.45 Å². The molecule has 0 fully saturated rings. The molecule has 1 aliphatic carbocycles. The number of aromatic hydroxyl groups is 1. The summed E-state index contributed by atoms with van der Waals surface area (Å²) in [5.74, 6) is -4.70. The van der Waals surface area contributed by atoms with Crippen molar-refractivity contribution in [1.29, 1.82) is 15.9 Å². The van der Waals surface area contributed by atoms with Gasteiger partial charge in [0.2, 0.25) is 5.88 Å². The lowest BCUT2D eigenvalue weighted by atomic mass is 9.83. The molecule has 14 heteroatoms. The summed E-state index contributed by atoms with van der Waals surface area (Å²) in [5, 5.41) is 42.2. The summed E-state index contributed by atoms with van der Waals surface area (Å²) in [4.78, 5) is 30.3. The Kier molecular flexibility index (Phi) is 6.60. The van der Waals surface area contributed by atoms with Gasteiger partial charge < -0.3 is 5.11 Å². The number of nitrogens with one attached hydrogen (secondary N) is 1. The van der Waals surface area contributed by atoms with Crippen LogP contribution in [0.5, 0.6) is 5.88 Å². The molecule has 0 saturated carbocycles. The first-order valence-corrected chi connectivity index (χ1v) is 10.6. The van der Waals surface area contributed by atoms with E-state index in [4.69, 9.17) is 10.7 Å². The van der Waals surface area contributed by atoms with E-state index < -0.39 is 46.3 Å². The maximum atomic E-state index is 13.6. The molecule has 0 spiro atoms. The Balaban J connectivity index is 2.01. The highest BCUT2D eigenvalue weighted by atomic mass is 32.2. The van der Waals surface area contributed by atoms with E-state index in [1.54, 1.807) is 0 Å². The van der Waals surface area contributed by atoms with Gasteiger partial charge in [-0.3, -0.25) is 15.0 Å². The van der Waals surface area contributed by atoms with Crippen molar-refractivity contribution >= 4 is 29.4 Å². The molecular weight excluding hydrogens is 517 g/mol. The molecule has 0 amide bonds. The predicted molar refractivity (Wildman–Crippen MR) is 118 cm³/mol. The molecule has 1 heterocycles. The van der Waals surface area contributed by atoms with E-state index >= 15 is 0 Å². The van der Waals surface area contributed by atoms with Crippen LogP contribution in [0.4, 0.5) is 13.2 Å². The predicted octanol–water partition coefficient (Wildman–Crippen LogP) is 4.28. The number of carbonyl (C=O) groups excluding carboxylic acids is 2. The summed E-state index contributed by atoms with van der Waals surface area (Å²) >= 11 is 0.544. The van der Waals surface area contributed by atoms with E-state index in [1.807, 2.05) is 12.1 Å². The Morgan fingerprint density at radius 1 is 1.11 bits per heavy atom.